The van der Waals surface area contributed by atoms with Gasteiger partial charge in [0.05, 0.1) is 12.1 Å². The zero-order valence-electron chi connectivity index (χ0n) is 11.2. The van der Waals surface area contributed by atoms with Crippen molar-refractivity contribution in [3.63, 3.8) is 0 Å². The maximum atomic E-state index is 12.7. The van der Waals surface area contributed by atoms with Crippen LogP contribution in [-0.2, 0) is 12.7 Å². The van der Waals surface area contributed by atoms with E-state index in [-0.39, 0.29) is 0 Å². The first-order chi connectivity index (χ1) is 9.95. The SMILES string of the molecule is Cc1nc2cccnc2n1Cc1cccc(C(F)(F)F)c1. The van der Waals surface area contributed by atoms with Gasteiger partial charge in [0.1, 0.15) is 11.3 Å². The van der Waals surface area contributed by atoms with Gasteiger partial charge in [0, 0.05) is 6.20 Å². The number of aryl methyl sites for hydroxylation is 1. The minimum atomic E-state index is -4.33. The maximum Gasteiger partial charge on any atom is 0.416 e. The van der Waals surface area contributed by atoms with Gasteiger partial charge in [-0.3, -0.25) is 0 Å². The Balaban J connectivity index is 2.01. The van der Waals surface area contributed by atoms with Crippen molar-refractivity contribution in [3.05, 3.63) is 59.5 Å². The van der Waals surface area contributed by atoms with Crippen molar-refractivity contribution in [2.45, 2.75) is 19.6 Å². The Labute approximate surface area is 119 Å². The van der Waals surface area contributed by atoms with Crippen LogP contribution in [0.25, 0.3) is 11.2 Å². The van der Waals surface area contributed by atoms with E-state index in [0.29, 0.717) is 17.8 Å². The van der Waals surface area contributed by atoms with E-state index in [2.05, 4.69) is 9.97 Å². The highest BCUT2D eigenvalue weighted by molar-refractivity contribution is 5.71. The van der Waals surface area contributed by atoms with Crippen LogP contribution in [0.1, 0.15) is 17.0 Å². The lowest BCUT2D eigenvalue weighted by Gasteiger charge is -2.10. The van der Waals surface area contributed by atoms with Crippen LogP contribution in [0.5, 0.6) is 0 Å². The van der Waals surface area contributed by atoms with Gasteiger partial charge in [-0.25, -0.2) is 9.97 Å². The number of rotatable bonds is 2. The Morgan fingerprint density at radius 2 is 1.95 bits per heavy atom. The van der Waals surface area contributed by atoms with E-state index < -0.39 is 11.7 Å². The van der Waals surface area contributed by atoms with Gasteiger partial charge in [-0.1, -0.05) is 12.1 Å². The first-order valence-corrected chi connectivity index (χ1v) is 6.39. The standard InChI is InChI=1S/C15H12F3N3/c1-10-20-13-6-3-7-19-14(13)21(10)9-11-4-2-5-12(8-11)15(16,17)18/h2-8H,9H2,1H3. The topological polar surface area (TPSA) is 30.7 Å². The predicted octanol–water partition coefficient (Wildman–Crippen LogP) is 3.81. The largest absolute Gasteiger partial charge is 0.416 e. The van der Waals surface area contributed by atoms with Gasteiger partial charge in [0.15, 0.2) is 5.65 Å². The number of benzene rings is 1. The third kappa shape index (κ3) is 2.61. The number of nitrogens with zero attached hydrogens (tertiary/aromatic N) is 3. The minimum absolute atomic E-state index is 0.309. The molecule has 21 heavy (non-hydrogen) atoms. The molecule has 0 aliphatic carbocycles. The van der Waals surface area contributed by atoms with Crippen molar-refractivity contribution >= 4 is 11.2 Å². The second-order valence-corrected chi connectivity index (χ2v) is 4.79. The van der Waals surface area contributed by atoms with Crippen LogP contribution < -0.4 is 0 Å². The number of pyridine rings is 1. The molecule has 2 heterocycles. The van der Waals surface area contributed by atoms with Crippen LogP contribution in [0.4, 0.5) is 13.2 Å². The van der Waals surface area contributed by atoms with Gasteiger partial charge in [-0.15, -0.1) is 0 Å². The molecule has 0 fully saturated rings. The normalized spacial score (nSPS) is 12.0. The van der Waals surface area contributed by atoms with Crippen molar-refractivity contribution < 1.29 is 13.2 Å². The van der Waals surface area contributed by atoms with E-state index in [9.17, 15) is 13.2 Å². The van der Waals surface area contributed by atoms with Crippen molar-refractivity contribution in [3.8, 4) is 0 Å². The molecular weight excluding hydrogens is 279 g/mol. The Morgan fingerprint density at radius 3 is 2.71 bits per heavy atom. The predicted molar refractivity (Wildman–Crippen MR) is 72.8 cm³/mol. The molecular formula is C15H12F3N3. The molecule has 0 amide bonds. The zero-order chi connectivity index (χ0) is 15.0. The Hall–Kier alpha value is -2.37. The first kappa shape index (κ1) is 13.6. The van der Waals surface area contributed by atoms with Crippen molar-refractivity contribution in [2.75, 3.05) is 0 Å². The molecule has 0 unspecified atom stereocenters. The molecule has 3 aromatic rings. The molecule has 0 aliphatic heterocycles. The monoisotopic (exact) mass is 291 g/mol. The average molecular weight is 291 g/mol. The van der Waals surface area contributed by atoms with E-state index in [1.54, 1.807) is 18.3 Å². The van der Waals surface area contributed by atoms with Gasteiger partial charge in [-0.2, -0.15) is 13.2 Å². The minimum Gasteiger partial charge on any atom is -0.308 e. The molecule has 0 spiro atoms. The van der Waals surface area contributed by atoms with Crippen molar-refractivity contribution in [2.24, 2.45) is 0 Å². The summed E-state index contributed by atoms with van der Waals surface area (Å²) in [6, 6.07) is 8.93. The number of hydrogen-bond acceptors (Lipinski definition) is 2. The number of alkyl halides is 3. The van der Waals surface area contributed by atoms with E-state index in [1.807, 2.05) is 17.6 Å². The number of aromatic nitrogens is 3. The summed E-state index contributed by atoms with van der Waals surface area (Å²) in [5.74, 6) is 0.723. The number of halogens is 3. The molecule has 108 valence electrons. The molecule has 3 rings (SSSR count). The average Bonchev–Trinajstić information content (AvgIpc) is 2.75. The lowest BCUT2D eigenvalue weighted by atomic mass is 10.1. The van der Waals surface area contributed by atoms with Crippen molar-refractivity contribution in [1.29, 1.82) is 0 Å². The van der Waals surface area contributed by atoms with Crippen LogP contribution in [-0.4, -0.2) is 14.5 Å². The highest BCUT2D eigenvalue weighted by Crippen LogP contribution is 2.29. The first-order valence-electron chi connectivity index (χ1n) is 6.39. The Kier molecular flexibility index (Phi) is 3.16. The van der Waals surface area contributed by atoms with Crippen LogP contribution in [0.3, 0.4) is 0 Å². The third-order valence-electron chi connectivity index (χ3n) is 3.29. The van der Waals surface area contributed by atoms with Crippen molar-refractivity contribution in [1.82, 2.24) is 14.5 Å². The van der Waals surface area contributed by atoms with E-state index in [0.717, 1.165) is 23.5 Å². The summed E-state index contributed by atoms with van der Waals surface area (Å²) in [5.41, 5.74) is 1.34. The quantitative estimate of drug-likeness (QED) is 0.719. The Morgan fingerprint density at radius 1 is 1.14 bits per heavy atom. The fourth-order valence-corrected chi connectivity index (χ4v) is 2.29. The molecule has 6 heteroatoms. The molecule has 0 saturated carbocycles. The second-order valence-electron chi connectivity index (χ2n) is 4.79. The molecule has 0 saturated heterocycles. The van der Waals surface area contributed by atoms with E-state index in [1.165, 1.54) is 6.07 Å². The third-order valence-corrected chi connectivity index (χ3v) is 3.29. The Bertz CT molecular complexity index is 790. The summed E-state index contributed by atoms with van der Waals surface area (Å²) < 4.78 is 40.1. The van der Waals surface area contributed by atoms with Crippen LogP contribution >= 0.6 is 0 Å². The lowest BCUT2D eigenvalue weighted by Crippen LogP contribution is -2.07. The molecule has 0 atom stereocenters. The summed E-state index contributed by atoms with van der Waals surface area (Å²) >= 11 is 0. The van der Waals surface area contributed by atoms with Crippen LogP contribution in [0.15, 0.2) is 42.6 Å². The number of imidazole rings is 1. The smallest absolute Gasteiger partial charge is 0.308 e. The summed E-state index contributed by atoms with van der Waals surface area (Å²) in [7, 11) is 0. The summed E-state index contributed by atoms with van der Waals surface area (Å²) in [6.45, 7) is 2.12. The molecule has 1 aromatic carbocycles. The van der Waals surface area contributed by atoms with Crippen LogP contribution in [0, 0.1) is 6.92 Å². The van der Waals surface area contributed by atoms with Gasteiger partial charge in [0.25, 0.3) is 0 Å². The van der Waals surface area contributed by atoms with Crippen LogP contribution in [0.2, 0.25) is 0 Å². The fraction of sp³-hybridized carbons (Fsp3) is 0.200. The van der Waals surface area contributed by atoms with Gasteiger partial charge in [0.2, 0.25) is 0 Å². The lowest BCUT2D eigenvalue weighted by molar-refractivity contribution is -0.137. The molecule has 2 aromatic heterocycles. The van der Waals surface area contributed by atoms with E-state index in [4.69, 9.17) is 0 Å². The molecule has 0 N–H and O–H groups in total. The molecule has 0 aliphatic rings. The summed E-state index contributed by atoms with van der Waals surface area (Å²) in [4.78, 5) is 8.61. The number of fused-ring (bicyclic) bond motifs is 1. The zero-order valence-corrected chi connectivity index (χ0v) is 11.2. The molecule has 0 radical (unpaired) electrons. The van der Waals surface area contributed by atoms with Gasteiger partial charge < -0.3 is 4.57 Å². The summed E-state index contributed by atoms with van der Waals surface area (Å²) in [6.07, 6.45) is -2.69. The van der Waals surface area contributed by atoms with Gasteiger partial charge >= 0.3 is 6.18 Å². The molecule has 0 bridgehead atoms. The highest BCUT2D eigenvalue weighted by Gasteiger charge is 2.30. The highest BCUT2D eigenvalue weighted by atomic mass is 19.4. The fourth-order valence-electron chi connectivity index (χ4n) is 2.29. The number of hydrogen-bond donors (Lipinski definition) is 0. The maximum absolute atomic E-state index is 12.7. The van der Waals surface area contributed by atoms with Gasteiger partial charge in [-0.05, 0) is 36.8 Å². The molecule has 3 nitrogen and oxygen atoms in total. The summed E-state index contributed by atoms with van der Waals surface area (Å²) in [5, 5.41) is 0. The second kappa shape index (κ2) is 4.87. The van der Waals surface area contributed by atoms with E-state index >= 15 is 0 Å².